The van der Waals surface area contributed by atoms with Crippen LogP contribution in [0.2, 0.25) is 0 Å². The Morgan fingerprint density at radius 1 is 1.19 bits per heavy atom. The van der Waals surface area contributed by atoms with Crippen molar-refractivity contribution in [3.05, 3.63) is 66.1 Å². The summed E-state index contributed by atoms with van der Waals surface area (Å²) in [5, 5.41) is 11.3. The second-order valence-corrected chi connectivity index (χ2v) is 5.20. The highest BCUT2D eigenvalue weighted by molar-refractivity contribution is 5.94. The number of anilines is 1. The smallest absolute Gasteiger partial charge is 0.331 e. The monoisotopic (exact) mass is 347 g/mol. The Bertz CT molecular complexity index is 980. The van der Waals surface area contributed by atoms with Crippen LogP contribution in [0.3, 0.4) is 0 Å². The van der Waals surface area contributed by atoms with E-state index in [1.807, 2.05) is 18.2 Å². The van der Waals surface area contributed by atoms with Crippen LogP contribution in [-0.2, 0) is 14.3 Å². The summed E-state index contributed by atoms with van der Waals surface area (Å²) in [5.41, 5.74) is 2.29. The normalized spacial score (nSPS) is 10.6. The maximum atomic E-state index is 11.8. The SMILES string of the molecule is N#Cc1ccc(NC(=O)COC(=O)/C=C/c2nc3ccccc3o2)cc1. The number of para-hydroxylation sites is 2. The molecule has 1 amide bonds. The van der Waals surface area contributed by atoms with E-state index in [0.717, 1.165) is 6.08 Å². The minimum Gasteiger partial charge on any atom is -0.452 e. The molecule has 128 valence electrons. The van der Waals surface area contributed by atoms with Crippen LogP contribution in [-0.4, -0.2) is 23.5 Å². The molecule has 7 nitrogen and oxygen atoms in total. The summed E-state index contributed by atoms with van der Waals surface area (Å²) in [6.45, 7) is -0.434. The molecule has 0 aliphatic rings. The average Bonchev–Trinajstić information content (AvgIpc) is 3.08. The van der Waals surface area contributed by atoms with Crippen molar-refractivity contribution in [2.75, 3.05) is 11.9 Å². The van der Waals surface area contributed by atoms with E-state index in [0.29, 0.717) is 22.4 Å². The molecule has 0 saturated heterocycles. The topological polar surface area (TPSA) is 105 Å². The Hall–Kier alpha value is -3.92. The van der Waals surface area contributed by atoms with Crippen LogP contribution in [0.25, 0.3) is 17.2 Å². The molecular formula is C19H13N3O4. The van der Waals surface area contributed by atoms with Gasteiger partial charge in [-0.15, -0.1) is 0 Å². The first-order valence-corrected chi connectivity index (χ1v) is 7.64. The molecule has 26 heavy (non-hydrogen) atoms. The third kappa shape index (κ3) is 4.33. The zero-order valence-electron chi connectivity index (χ0n) is 13.5. The zero-order valence-corrected chi connectivity index (χ0v) is 13.5. The predicted molar refractivity (Wildman–Crippen MR) is 93.8 cm³/mol. The molecule has 1 aromatic heterocycles. The van der Waals surface area contributed by atoms with Crippen molar-refractivity contribution in [3.8, 4) is 6.07 Å². The van der Waals surface area contributed by atoms with Crippen molar-refractivity contribution in [1.29, 1.82) is 5.26 Å². The van der Waals surface area contributed by atoms with E-state index in [1.54, 1.807) is 36.4 Å². The molecule has 0 saturated carbocycles. The second-order valence-electron chi connectivity index (χ2n) is 5.20. The minimum atomic E-state index is -0.692. The number of rotatable bonds is 5. The zero-order chi connectivity index (χ0) is 18.4. The summed E-state index contributed by atoms with van der Waals surface area (Å²) >= 11 is 0. The van der Waals surface area contributed by atoms with Crippen molar-refractivity contribution in [1.82, 2.24) is 4.98 Å². The maximum Gasteiger partial charge on any atom is 0.331 e. The number of carbonyl (C=O) groups is 2. The Balaban J connectivity index is 1.49. The first-order chi connectivity index (χ1) is 12.6. The second kappa shape index (κ2) is 7.77. The van der Waals surface area contributed by atoms with E-state index in [2.05, 4.69) is 10.3 Å². The van der Waals surface area contributed by atoms with Gasteiger partial charge in [0.25, 0.3) is 5.91 Å². The summed E-state index contributed by atoms with van der Waals surface area (Å²) in [5.74, 6) is -0.911. The molecule has 2 aromatic carbocycles. The molecule has 0 aliphatic heterocycles. The predicted octanol–water partition coefficient (Wildman–Crippen LogP) is 2.89. The van der Waals surface area contributed by atoms with Crippen LogP contribution in [0.5, 0.6) is 0 Å². The fraction of sp³-hybridized carbons (Fsp3) is 0.0526. The van der Waals surface area contributed by atoms with Gasteiger partial charge in [-0.1, -0.05) is 12.1 Å². The number of hydrogen-bond donors (Lipinski definition) is 1. The van der Waals surface area contributed by atoms with Gasteiger partial charge in [0.05, 0.1) is 11.6 Å². The van der Waals surface area contributed by atoms with Gasteiger partial charge in [0, 0.05) is 17.8 Å². The number of carbonyl (C=O) groups excluding carboxylic acids is 2. The highest BCUT2D eigenvalue weighted by Gasteiger charge is 2.07. The standard InChI is InChI=1S/C19H13N3O4/c20-11-13-5-7-14(8-6-13)21-17(23)12-25-19(24)10-9-18-22-15-3-1-2-4-16(15)26-18/h1-10H,12H2,(H,21,23)/b10-9+. The number of ether oxygens (including phenoxy) is 1. The lowest BCUT2D eigenvalue weighted by molar-refractivity contribution is -0.142. The molecular weight excluding hydrogens is 334 g/mol. The van der Waals surface area contributed by atoms with Crippen LogP contribution in [0.1, 0.15) is 11.5 Å². The number of oxazole rings is 1. The van der Waals surface area contributed by atoms with Crippen LogP contribution in [0.15, 0.2) is 59.0 Å². The number of aromatic nitrogens is 1. The van der Waals surface area contributed by atoms with Gasteiger partial charge in [-0.05, 0) is 36.4 Å². The van der Waals surface area contributed by atoms with Gasteiger partial charge < -0.3 is 14.5 Å². The van der Waals surface area contributed by atoms with E-state index >= 15 is 0 Å². The molecule has 0 aliphatic carbocycles. The fourth-order valence-corrected chi connectivity index (χ4v) is 2.11. The minimum absolute atomic E-state index is 0.269. The number of benzene rings is 2. The number of esters is 1. The van der Waals surface area contributed by atoms with E-state index in [-0.39, 0.29) is 5.89 Å². The Morgan fingerprint density at radius 2 is 1.96 bits per heavy atom. The first-order valence-electron chi connectivity index (χ1n) is 7.64. The molecule has 0 spiro atoms. The largest absolute Gasteiger partial charge is 0.452 e. The Kier molecular flexibility index (Phi) is 5.05. The van der Waals surface area contributed by atoms with Crippen molar-refractivity contribution >= 4 is 34.7 Å². The number of nitrogens with one attached hydrogen (secondary N) is 1. The number of hydrogen-bond acceptors (Lipinski definition) is 6. The summed E-state index contributed by atoms with van der Waals surface area (Å²) in [6.07, 6.45) is 2.51. The van der Waals surface area contributed by atoms with Crippen molar-refractivity contribution in [2.45, 2.75) is 0 Å². The molecule has 0 atom stereocenters. The Morgan fingerprint density at radius 3 is 2.69 bits per heavy atom. The Labute approximate surface area is 148 Å². The quantitative estimate of drug-likeness (QED) is 0.562. The van der Waals surface area contributed by atoms with E-state index in [4.69, 9.17) is 14.4 Å². The number of fused-ring (bicyclic) bond motifs is 1. The van der Waals surface area contributed by atoms with E-state index < -0.39 is 18.5 Å². The molecule has 1 N–H and O–H groups in total. The van der Waals surface area contributed by atoms with Crippen LogP contribution < -0.4 is 5.32 Å². The lowest BCUT2D eigenvalue weighted by Crippen LogP contribution is -2.20. The summed E-state index contributed by atoms with van der Waals surface area (Å²) in [6, 6.07) is 15.5. The van der Waals surface area contributed by atoms with Crippen molar-refractivity contribution < 1.29 is 18.7 Å². The van der Waals surface area contributed by atoms with Gasteiger partial charge in [-0.3, -0.25) is 4.79 Å². The third-order valence-electron chi connectivity index (χ3n) is 3.32. The molecule has 0 unspecified atom stereocenters. The summed E-state index contributed by atoms with van der Waals surface area (Å²) < 4.78 is 10.3. The molecule has 3 rings (SSSR count). The number of nitrogens with zero attached hydrogens (tertiary/aromatic N) is 2. The van der Waals surface area contributed by atoms with Crippen molar-refractivity contribution in [3.63, 3.8) is 0 Å². The number of nitriles is 1. The van der Waals surface area contributed by atoms with E-state index in [1.165, 1.54) is 6.08 Å². The number of amides is 1. The summed E-state index contributed by atoms with van der Waals surface area (Å²) in [7, 11) is 0. The summed E-state index contributed by atoms with van der Waals surface area (Å²) in [4.78, 5) is 27.6. The first kappa shape index (κ1) is 16.9. The molecule has 3 aromatic rings. The van der Waals surface area contributed by atoms with Gasteiger partial charge in [-0.2, -0.15) is 5.26 Å². The van der Waals surface area contributed by atoms with Crippen LogP contribution in [0, 0.1) is 11.3 Å². The highest BCUT2D eigenvalue weighted by Crippen LogP contribution is 2.15. The molecule has 0 fully saturated rings. The molecule has 7 heteroatoms. The average molecular weight is 347 g/mol. The van der Waals surface area contributed by atoms with Crippen LogP contribution >= 0.6 is 0 Å². The molecule has 1 heterocycles. The van der Waals surface area contributed by atoms with Gasteiger partial charge in [0.15, 0.2) is 12.2 Å². The maximum absolute atomic E-state index is 11.8. The van der Waals surface area contributed by atoms with Gasteiger partial charge >= 0.3 is 5.97 Å². The van der Waals surface area contributed by atoms with Crippen LogP contribution in [0.4, 0.5) is 5.69 Å². The van der Waals surface area contributed by atoms with Crippen molar-refractivity contribution in [2.24, 2.45) is 0 Å². The molecule has 0 bridgehead atoms. The highest BCUT2D eigenvalue weighted by atomic mass is 16.5. The lowest BCUT2D eigenvalue weighted by Gasteiger charge is -2.05. The van der Waals surface area contributed by atoms with Gasteiger partial charge in [0.1, 0.15) is 5.52 Å². The van der Waals surface area contributed by atoms with E-state index in [9.17, 15) is 9.59 Å². The fourth-order valence-electron chi connectivity index (χ4n) is 2.11. The molecule has 0 radical (unpaired) electrons. The van der Waals surface area contributed by atoms with Gasteiger partial charge in [-0.25, -0.2) is 9.78 Å². The lowest BCUT2D eigenvalue weighted by atomic mass is 10.2. The van der Waals surface area contributed by atoms with Gasteiger partial charge in [0.2, 0.25) is 5.89 Å². The third-order valence-corrected chi connectivity index (χ3v) is 3.32.